The van der Waals surface area contributed by atoms with E-state index in [1.165, 1.54) is 0 Å². The average molecular weight is 243 g/mol. The summed E-state index contributed by atoms with van der Waals surface area (Å²) in [5.74, 6) is 0.722. The highest BCUT2D eigenvalue weighted by molar-refractivity contribution is 7.13. The third kappa shape index (κ3) is 2.22. The summed E-state index contributed by atoms with van der Waals surface area (Å²) in [6.45, 7) is 2.06. The first-order valence-corrected chi connectivity index (χ1v) is 5.85. The van der Waals surface area contributed by atoms with Crippen LogP contribution in [-0.2, 0) is 0 Å². The number of nitrogens with zero attached hydrogens (tertiary/aromatic N) is 1. The van der Waals surface area contributed by atoms with E-state index in [0.717, 1.165) is 16.5 Å². The van der Waals surface area contributed by atoms with E-state index >= 15 is 0 Å². The first kappa shape index (κ1) is 10.7. The molecule has 0 aliphatic carbocycles. The number of hydrogen-bond donors (Lipinski definition) is 1. The molecule has 2 aromatic heterocycles. The number of rotatable bonds is 3. The van der Waals surface area contributed by atoms with Crippen molar-refractivity contribution in [2.45, 2.75) is 13.0 Å². The van der Waals surface area contributed by atoms with Crippen LogP contribution >= 0.6 is 22.9 Å². The van der Waals surface area contributed by atoms with Gasteiger partial charge in [-0.25, -0.2) is 4.98 Å². The number of aromatic nitrogens is 1. The number of hydrogen-bond acceptors (Lipinski definition) is 4. The maximum Gasteiger partial charge on any atom is 0.194 e. The monoisotopic (exact) mass is 242 g/mol. The lowest BCUT2D eigenvalue weighted by Gasteiger charge is -2.04. The second kappa shape index (κ2) is 4.35. The van der Waals surface area contributed by atoms with Crippen LogP contribution in [0.5, 0.6) is 0 Å². The molecule has 2 rings (SSSR count). The maximum absolute atomic E-state index is 5.70. The molecule has 0 amide bonds. The molecule has 0 aromatic carbocycles. The molecule has 2 heterocycles. The highest BCUT2D eigenvalue weighted by Gasteiger charge is 2.11. The quantitative estimate of drug-likeness (QED) is 0.897. The van der Waals surface area contributed by atoms with E-state index in [0.29, 0.717) is 5.22 Å². The van der Waals surface area contributed by atoms with Gasteiger partial charge in [0.05, 0.1) is 5.69 Å². The Labute approximate surface area is 97.1 Å². The van der Waals surface area contributed by atoms with Crippen LogP contribution in [0.25, 0.3) is 10.8 Å². The van der Waals surface area contributed by atoms with Crippen molar-refractivity contribution in [3.8, 4) is 10.8 Å². The molecule has 15 heavy (non-hydrogen) atoms. The molecule has 5 heteroatoms. The Bertz CT molecular complexity index is 452. The van der Waals surface area contributed by atoms with Gasteiger partial charge in [-0.05, 0) is 37.7 Å². The summed E-state index contributed by atoms with van der Waals surface area (Å²) in [4.78, 5) is 4.47. The Kier molecular flexibility index (Phi) is 3.09. The summed E-state index contributed by atoms with van der Waals surface area (Å²) < 4.78 is 5.29. The normalized spacial score (nSPS) is 13.0. The van der Waals surface area contributed by atoms with Gasteiger partial charge in [0, 0.05) is 11.4 Å². The molecular formula is C10H11ClN2OS. The van der Waals surface area contributed by atoms with Gasteiger partial charge in [-0.3, -0.25) is 0 Å². The van der Waals surface area contributed by atoms with Gasteiger partial charge in [0.15, 0.2) is 16.0 Å². The second-order valence-corrected chi connectivity index (χ2v) is 4.42. The molecule has 0 radical (unpaired) electrons. The van der Waals surface area contributed by atoms with Crippen LogP contribution < -0.4 is 5.32 Å². The van der Waals surface area contributed by atoms with Crippen LogP contribution in [0.4, 0.5) is 0 Å². The molecule has 2 aromatic rings. The molecule has 0 spiro atoms. The van der Waals surface area contributed by atoms with Gasteiger partial charge in [0.2, 0.25) is 0 Å². The fourth-order valence-corrected chi connectivity index (χ4v) is 2.19. The topological polar surface area (TPSA) is 38.1 Å². The zero-order valence-electron chi connectivity index (χ0n) is 8.45. The largest absolute Gasteiger partial charge is 0.442 e. The summed E-state index contributed by atoms with van der Waals surface area (Å²) >= 11 is 7.26. The lowest BCUT2D eigenvalue weighted by Crippen LogP contribution is -2.12. The lowest BCUT2D eigenvalue weighted by molar-refractivity contribution is 0.582. The van der Waals surface area contributed by atoms with Crippen molar-refractivity contribution in [3.05, 3.63) is 28.4 Å². The summed E-state index contributed by atoms with van der Waals surface area (Å²) in [6.07, 6.45) is 0. The predicted molar refractivity (Wildman–Crippen MR) is 62.3 cm³/mol. The van der Waals surface area contributed by atoms with Crippen LogP contribution in [0.15, 0.2) is 21.9 Å². The van der Waals surface area contributed by atoms with Crippen molar-refractivity contribution in [1.29, 1.82) is 0 Å². The Hall–Kier alpha value is -0.840. The number of thiazole rings is 1. The first-order valence-electron chi connectivity index (χ1n) is 4.59. The van der Waals surface area contributed by atoms with E-state index in [4.69, 9.17) is 16.0 Å². The Morgan fingerprint density at radius 1 is 1.53 bits per heavy atom. The molecule has 0 fully saturated rings. The van der Waals surface area contributed by atoms with E-state index in [1.54, 1.807) is 17.4 Å². The Morgan fingerprint density at radius 2 is 2.33 bits per heavy atom. The minimum Gasteiger partial charge on any atom is -0.442 e. The molecule has 0 aliphatic rings. The van der Waals surface area contributed by atoms with Gasteiger partial charge in [-0.15, -0.1) is 11.3 Å². The fraction of sp³-hybridized carbons (Fsp3) is 0.300. The minimum atomic E-state index is 0.250. The summed E-state index contributed by atoms with van der Waals surface area (Å²) in [6, 6.07) is 3.80. The number of furan rings is 1. The highest BCUT2D eigenvalue weighted by Crippen LogP contribution is 2.28. The Balaban J connectivity index is 2.27. The van der Waals surface area contributed by atoms with Gasteiger partial charge in [0.25, 0.3) is 0 Å². The zero-order chi connectivity index (χ0) is 10.8. The van der Waals surface area contributed by atoms with Gasteiger partial charge in [0.1, 0.15) is 0 Å². The molecule has 1 atom stereocenters. The fourth-order valence-electron chi connectivity index (χ4n) is 1.18. The smallest absolute Gasteiger partial charge is 0.194 e. The molecule has 1 unspecified atom stereocenters. The molecule has 3 nitrogen and oxygen atoms in total. The van der Waals surface area contributed by atoms with Crippen LogP contribution in [0.2, 0.25) is 5.22 Å². The van der Waals surface area contributed by atoms with Crippen molar-refractivity contribution in [2.24, 2.45) is 0 Å². The molecule has 80 valence electrons. The van der Waals surface area contributed by atoms with E-state index in [-0.39, 0.29) is 6.04 Å². The van der Waals surface area contributed by atoms with Crippen LogP contribution in [-0.4, -0.2) is 12.0 Å². The van der Waals surface area contributed by atoms with E-state index in [2.05, 4.69) is 17.2 Å². The molecule has 0 aliphatic heterocycles. The minimum absolute atomic E-state index is 0.250. The van der Waals surface area contributed by atoms with Crippen molar-refractivity contribution in [1.82, 2.24) is 10.3 Å². The van der Waals surface area contributed by atoms with Crippen molar-refractivity contribution >= 4 is 22.9 Å². The van der Waals surface area contributed by atoms with Gasteiger partial charge in [-0.2, -0.15) is 0 Å². The van der Waals surface area contributed by atoms with Crippen molar-refractivity contribution in [2.75, 3.05) is 7.05 Å². The summed E-state index contributed by atoms with van der Waals surface area (Å²) in [5.41, 5.74) is 1.02. The van der Waals surface area contributed by atoms with Crippen LogP contribution in [0, 0.1) is 0 Å². The zero-order valence-corrected chi connectivity index (χ0v) is 10.0. The predicted octanol–water partition coefficient (Wildman–Crippen LogP) is 3.34. The van der Waals surface area contributed by atoms with Crippen LogP contribution in [0.3, 0.4) is 0 Å². The SMILES string of the molecule is CNC(C)c1csc(-c2ccc(Cl)o2)n1. The van der Waals surface area contributed by atoms with Gasteiger partial charge < -0.3 is 9.73 Å². The van der Waals surface area contributed by atoms with E-state index < -0.39 is 0 Å². The molecule has 0 saturated heterocycles. The maximum atomic E-state index is 5.70. The number of halogens is 1. The molecule has 0 bridgehead atoms. The highest BCUT2D eigenvalue weighted by atomic mass is 35.5. The second-order valence-electron chi connectivity index (χ2n) is 3.19. The summed E-state index contributed by atoms with van der Waals surface area (Å²) in [7, 11) is 1.91. The molecule has 0 saturated carbocycles. The first-order chi connectivity index (χ1) is 7.20. The standard InChI is InChI=1S/C10H11ClN2OS/c1-6(12-2)7-5-15-10(13-7)8-3-4-9(11)14-8/h3-6,12H,1-2H3. The van der Waals surface area contributed by atoms with Crippen molar-refractivity contribution < 1.29 is 4.42 Å². The Morgan fingerprint density at radius 3 is 2.93 bits per heavy atom. The number of nitrogens with one attached hydrogen (secondary N) is 1. The van der Waals surface area contributed by atoms with E-state index in [1.807, 2.05) is 18.5 Å². The van der Waals surface area contributed by atoms with Gasteiger partial charge in [-0.1, -0.05) is 0 Å². The van der Waals surface area contributed by atoms with Crippen LogP contribution in [0.1, 0.15) is 18.7 Å². The van der Waals surface area contributed by atoms with Gasteiger partial charge >= 0.3 is 0 Å². The van der Waals surface area contributed by atoms with Crippen molar-refractivity contribution in [3.63, 3.8) is 0 Å². The molecule has 1 N–H and O–H groups in total. The summed E-state index contributed by atoms with van der Waals surface area (Å²) in [5, 5.41) is 6.41. The lowest BCUT2D eigenvalue weighted by atomic mass is 10.3. The van der Waals surface area contributed by atoms with E-state index in [9.17, 15) is 0 Å². The molecular weight excluding hydrogens is 232 g/mol. The third-order valence-corrected chi connectivity index (χ3v) is 3.26. The third-order valence-electron chi connectivity index (χ3n) is 2.18. The average Bonchev–Trinajstić information content (AvgIpc) is 2.84.